The zero-order valence-electron chi connectivity index (χ0n) is 13.6. The van der Waals surface area contributed by atoms with Crippen molar-refractivity contribution in [2.75, 3.05) is 25.6 Å². The van der Waals surface area contributed by atoms with Crippen LogP contribution in [-0.2, 0) is 15.7 Å². The summed E-state index contributed by atoms with van der Waals surface area (Å²) in [5.74, 6) is -0.443. The summed E-state index contributed by atoms with van der Waals surface area (Å²) in [7, 11) is 1.54. The minimum atomic E-state index is -4.46. The van der Waals surface area contributed by atoms with Crippen LogP contribution in [0.25, 0.3) is 0 Å². The lowest BCUT2D eigenvalue weighted by molar-refractivity contribution is -0.137. The SMILES string of the molecule is COCCN[C@@H](C(=O)Nc1cccc(C(F)(F)F)c1)c1ccccc1. The van der Waals surface area contributed by atoms with Crippen LogP contribution in [0.2, 0.25) is 0 Å². The fraction of sp³-hybridized carbons (Fsp3) is 0.278. The molecule has 0 aliphatic rings. The number of methoxy groups -OCH3 is 1. The quantitative estimate of drug-likeness (QED) is 0.749. The Balaban J connectivity index is 2.16. The Morgan fingerprint density at radius 3 is 2.48 bits per heavy atom. The van der Waals surface area contributed by atoms with Crippen LogP contribution in [0.1, 0.15) is 17.2 Å². The van der Waals surface area contributed by atoms with Crippen LogP contribution in [0.4, 0.5) is 18.9 Å². The molecule has 2 aromatic carbocycles. The van der Waals surface area contributed by atoms with Gasteiger partial charge >= 0.3 is 6.18 Å². The monoisotopic (exact) mass is 352 g/mol. The van der Waals surface area contributed by atoms with Gasteiger partial charge in [0, 0.05) is 19.3 Å². The Kier molecular flexibility index (Phi) is 6.55. The highest BCUT2D eigenvalue weighted by molar-refractivity contribution is 5.95. The molecule has 0 spiro atoms. The number of nitrogens with one attached hydrogen (secondary N) is 2. The van der Waals surface area contributed by atoms with Crippen molar-refractivity contribution in [3.05, 3.63) is 65.7 Å². The first-order valence-corrected chi connectivity index (χ1v) is 7.67. The molecule has 0 heterocycles. The molecule has 134 valence electrons. The van der Waals surface area contributed by atoms with Gasteiger partial charge in [-0.15, -0.1) is 0 Å². The molecule has 0 unspecified atom stereocenters. The molecule has 0 radical (unpaired) electrons. The number of anilines is 1. The Labute approximate surface area is 144 Å². The Morgan fingerprint density at radius 1 is 1.12 bits per heavy atom. The Hall–Kier alpha value is -2.38. The van der Waals surface area contributed by atoms with Crippen molar-refractivity contribution in [2.24, 2.45) is 0 Å². The molecule has 0 aromatic heterocycles. The second-order valence-corrected chi connectivity index (χ2v) is 5.36. The average molecular weight is 352 g/mol. The predicted octanol–water partition coefficient (Wildman–Crippen LogP) is 3.62. The van der Waals surface area contributed by atoms with Gasteiger partial charge < -0.3 is 10.1 Å². The molecule has 2 rings (SSSR count). The van der Waals surface area contributed by atoms with E-state index in [1.807, 2.05) is 6.07 Å². The molecule has 0 aliphatic carbocycles. The number of hydrogen-bond donors (Lipinski definition) is 2. The summed E-state index contributed by atoms with van der Waals surface area (Å²) in [4.78, 5) is 12.6. The standard InChI is InChI=1S/C18H19F3N2O2/c1-25-11-10-22-16(13-6-3-2-4-7-13)17(24)23-15-9-5-8-14(12-15)18(19,20)21/h2-9,12,16,22H,10-11H2,1H3,(H,23,24)/t16-/m1/s1. The summed E-state index contributed by atoms with van der Waals surface area (Å²) in [6.07, 6.45) is -4.46. The lowest BCUT2D eigenvalue weighted by Gasteiger charge is -2.19. The highest BCUT2D eigenvalue weighted by Crippen LogP contribution is 2.30. The van der Waals surface area contributed by atoms with Crippen LogP contribution in [0, 0.1) is 0 Å². The van der Waals surface area contributed by atoms with Crippen molar-refractivity contribution in [3.8, 4) is 0 Å². The molecule has 7 heteroatoms. The van der Waals surface area contributed by atoms with Gasteiger partial charge in [-0.25, -0.2) is 0 Å². The van der Waals surface area contributed by atoms with E-state index in [-0.39, 0.29) is 5.69 Å². The second-order valence-electron chi connectivity index (χ2n) is 5.36. The second kappa shape index (κ2) is 8.64. The van der Waals surface area contributed by atoms with Crippen LogP contribution in [-0.4, -0.2) is 26.2 Å². The van der Waals surface area contributed by atoms with Gasteiger partial charge in [0.25, 0.3) is 0 Å². The summed E-state index contributed by atoms with van der Waals surface area (Å²) in [5.41, 5.74) is -0.00807. The average Bonchev–Trinajstić information content (AvgIpc) is 2.59. The fourth-order valence-electron chi connectivity index (χ4n) is 2.30. The van der Waals surface area contributed by atoms with Crippen LogP contribution in [0.15, 0.2) is 54.6 Å². The maximum atomic E-state index is 12.8. The van der Waals surface area contributed by atoms with Gasteiger partial charge in [-0.3, -0.25) is 10.1 Å². The third-order valence-corrected chi connectivity index (χ3v) is 3.51. The molecule has 25 heavy (non-hydrogen) atoms. The number of ether oxygens (including phenoxy) is 1. The van der Waals surface area contributed by atoms with Crippen LogP contribution < -0.4 is 10.6 Å². The van der Waals surface area contributed by atoms with Gasteiger partial charge in [-0.05, 0) is 23.8 Å². The smallest absolute Gasteiger partial charge is 0.383 e. The molecular formula is C18H19F3N2O2. The summed E-state index contributed by atoms with van der Waals surface area (Å²) in [5, 5.41) is 5.58. The summed E-state index contributed by atoms with van der Waals surface area (Å²) in [6, 6.07) is 12.8. The first-order valence-electron chi connectivity index (χ1n) is 7.67. The van der Waals surface area contributed by atoms with Gasteiger partial charge in [0.1, 0.15) is 6.04 Å². The molecule has 1 atom stereocenters. The molecule has 0 saturated heterocycles. The van der Waals surface area contributed by atoms with Gasteiger partial charge in [0.15, 0.2) is 0 Å². The minimum Gasteiger partial charge on any atom is -0.383 e. The lowest BCUT2D eigenvalue weighted by atomic mass is 10.1. The van der Waals surface area contributed by atoms with E-state index < -0.39 is 23.7 Å². The fourth-order valence-corrected chi connectivity index (χ4v) is 2.30. The van der Waals surface area contributed by atoms with Gasteiger partial charge in [0.2, 0.25) is 5.91 Å². The highest BCUT2D eigenvalue weighted by Gasteiger charge is 2.30. The molecule has 1 amide bonds. The summed E-state index contributed by atoms with van der Waals surface area (Å²) in [6.45, 7) is 0.826. The molecule has 0 aliphatic heterocycles. The number of benzene rings is 2. The molecule has 0 bridgehead atoms. The minimum absolute atomic E-state index is 0.0919. The van der Waals surface area contributed by atoms with E-state index in [9.17, 15) is 18.0 Å². The van der Waals surface area contributed by atoms with E-state index >= 15 is 0 Å². The molecule has 2 aromatic rings. The highest BCUT2D eigenvalue weighted by atomic mass is 19.4. The number of alkyl halides is 3. The molecule has 0 saturated carbocycles. The van der Waals surface area contributed by atoms with Crippen LogP contribution in [0.5, 0.6) is 0 Å². The van der Waals surface area contributed by atoms with Crippen molar-refractivity contribution in [2.45, 2.75) is 12.2 Å². The first kappa shape index (κ1) is 19.0. The Bertz CT molecular complexity index is 690. The van der Waals surface area contributed by atoms with E-state index in [0.717, 1.165) is 12.1 Å². The van der Waals surface area contributed by atoms with Crippen molar-refractivity contribution >= 4 is 11.6 Å². The van der Waals surface area contributed by atoms with Crippen molar-refractivity contribution in [3.63, 3.8) is 0 Å². The van der Waals surface area contributed by atoms with Crippen LogP contribution >= 0.6 is 0 Å². The van der Waals surface area contributed by atoms with E-state index in [4.69, 9.17) is 4.74 Å². The van der Waals surface area contributed by atoms with Crippen molar-refractivity contribution in [1.82, 2.24) is 5.32 Å². The van der Waals surface area contributed by atoms with Crippen molar-refractivity contribution in [1.29, 1.82) is 0 Å². The largest absolute Gasteiger partial charge is 0.416 e. The zero-order valence-corrected chi connectivity index (χ0v) is 13.6. The number of carbonyl (C=O) groups excluding carboxylic acids is 1. The normalized spacial score (nSPS) is 12.6. The van der Waals surface area contributed by atoms with Crippen molar-refractivity contribution < 1.29 is 22.7 Å². The Morgan fingerprint density at radius 2 is 1.84 bits per heavy atom. The third-order valence-electron chi connectivity index (χ3n) is 3.51. The maximum absolute atomic E-state index is 12.8. The predicted molar refractivity (Wildman–Crippen MR) is 89.1 cm³/mol. The van der Waals surface area contributed by atoms with E-state index in [1.165, 1.54) is 12.1 Å². The summed E-state index contributed by atoms with van der Waals surface area (Å²) < 4.78 is 43.3. The van der Waals surface area contributed by atoms with Gasteiger partial charge in [0.05, 0.1) is 12.2 Å². The summed E-state index contributed by atoms with van der Waals surface area (Å²) >= 11 is 0. The lowest BCUT2D eigenvalue weighted by Crippen LogP contribution is -2.34. The van der Waals surface area contributed by atoms with Gasteiger partial charge in [-0.2, -0.15) is 13.2 Å². The number of carbonyl (C=O) groups is 1. The van der Waals surface area contributed by atoms with Crippen LogP contribution in [0.3, 0.4) is 0 Å². The molecule has 0 fully saturated rings. The van der Waals surface area contributed by atoms with E-state index in [0.29, 0.717) is 18.7 Å². The first-order chi connectivity index (χ1) is 11.9. The number of rotatable bonds is 7. The van der Waals surface area contributed by atoms with E-state index in [2.05, 4.69) is 10.6 Å². The topological polar surface area (TPSA) is 50.4 Å². The van der Waals surface area contributed by atoms with Gasteiger partial charge in [-0.1, -0.05) is 36.4 Å². The molecule has 2 N–H and O–H groups in total. The van der Waals surface area contributed by atoms with E-state index in [1.54, 1.807) is 31.4 Å². The number of amides is 1. The third kappa shape index (κ3) is 5.58. The number of halogens is 3. The molecular weight excluding hydrogens is 333 g/mol. The number of hydrogen-bond acceptors (Lipinski definition) is 3. The zero-order chi connectivity index (χ0) is 18.3. The molecule has 4 nitrogen and oxygen atoms in total. The maximum Gasteiger partial charge on any atom is 0.416 e.